The van der Waals surface area contributed by atoms with E-state index in [0.717, 1.165) is 55.5 Å². The number of hydrogen-bond donors (Lipinski definition) is 0. The molecule has 0 saturated carbocycles. The lowest BCUT2D eigenvalue weighted by molar-refractivity contribution is 0.271. The normalized spacial score (nSPS) is 21.5. The topological polar surface area (TPSA) is 40.6 Å². The molecule has 156 valence electrons. The fourth-order valence-electron chi connectivity index (χ4n) is 4.75. The number of rotatable bonds is 6. The molecule has 4 nitrogen and oxygen atoms in total. The van der Waals surface area contributed by atoms with Crippen molar-refractivity contribution in [2.75, 3.05) is 26.2 Å². The van der Waals surface area contributed by atoms with E-state index in [1.54, 1.807) is 4.31 Å². The van der Waals surface area contributed by atoms with Gasteiger partial charge in [-0.25, -0.2) is 8.42 Å². The Labute approximate surface area is 175 Å². The Hall–Kier alpha value is -1.69. The van der Waals surface area contributed by atoms with E-state index >= 15 is 0 Å². The van der Waals surface area contributed by atoms with Crippen molar-refractivity contribution < 1.29 is 8.42 Å². The summed E-state index contributed by atoms with van der Waals surface area (Å²) in [6, 6.07) is 16.5. The van der Waals surface area contributed by atoms with Gasteiger partial charge in [0.25, 0.3) is 0 Å². The maximum Gasteiger partial charge on any atom is 0.243 e. The van der Waals surface area contributed by atoms with Crippen molar-refractivity contribution in [2.45, 2.75) is 56.4 Å². The van der Waals surface area contributed by atoms with Crippen LogP contribution in [-0.2, 0) is 16.4 Å². The van der Waals surface area contributed by atoms with Crippen molar-refractivity contribution in [3.63, 3.8) is 0 Å². The van der Waals surface area contributed by atoms with Crippen LogP contribution >= 0.6 is 0 Å². The van der Waals surface area contributed by atoms with E-state index in [4.69, 9.17) is 0 Å². The van der Waals surface area contributed by atoms with Crippen LogP contribution in [0.1, 0.15) is 44.6 Å². The highest BCUT2D eigenvalue weighted by atomic mass is 32.2. The third kappa shape index (κ3) is 4.42. The molecular formula is C24H32N2O2S. The van der Waals surface area contributed by atoms with Crippen molar-refractivity contribution in [1.29, 1.82) is 0 Å². The molecule has 29 heavy (non-hydrogen) atoms. The van der Waals surface area contributed by atoms with Crippen LogP contribution in [0.15, 0.2) is 53.4 Å². The molecule has 1 atom stereocenters. The van der Waals surface area contributed by atoms with Gasteiger partial charge in [0.2, 0.25) is 10.0 Å². The third-order valence-electron chi connectivity index (χ3n) is 6.45. The number of sulfonamides is 1. The van der Waals surface area contributed by atoms with E-state index in [0.29, 0.717) is 24.0 Å². The number of piperidine rings is 1. The maximum atomic E-state index is 13.8. The van der Waals surface area contributed by atoms with E-state index in [2.05, 4.69) is 11.8 Å². The summed E-state index contributed by atoms with van der Waals surface area (Å²) in [6.07, 6.45) is 6.27. The number of hydrogen-bond acceptors (Lipinski definition) is 3. The fraction of sp³-hybridized carbons (Fsp3) is 0.500. The van der Waals surface area contributed by atoms with E-state index in [1.165, 1.54) is 12.8 Å². The van der Waals surface area contributed by atoms with E-state index in [1.807, 2.05) is 48.5 Å². The summed E-state index contributed by atoms with van der Waals surface area (Å²) in [5.41, 5.74) is 2.76. The second-order valence-corrected chi connectivity index (χ2v) is 10.3. The molecule has 0 bridgehead atoms. The zero-order valence-electron chi connectivity index (χ0n) is 17.4. The highest BCUT2D eigenvalue weighted by Gasteiger charge is 2.31. The summed E-state index contributed by atoms with van der Waals surface area (Å²) in [5.74, 6) is 0. The molecule has 2 aromatic carbocycles. The minimum Gasteiger partial charge on any atom is -0.300 e. The van der Waals surface area contributed by atoms with Gasteiger partial charge in [-0.3, -0.25) is 0 Å². The lowest BCUT2D eigenvalue weighted by Crippen LogP contribution is -2.36. The molecule has 5 heteroatoms. The van der Waals surface area contributed by atoms with Gasteiger partial charge in [-0.15, -0.1) is 0 Å². The summed E-state index contributed by atoms with van der Waals surface area (Å²) in [4.78, 5) is 3.02. The molecule has 2 fully saturated rings. The Balaban J connectivity index is 1.74. The molecule has 0 aliphatic carbocycles. The third-order valence-corrected chi connectivity index (χ3v) is 8.50. The van der Waals surface area contributed by atoms with Crippen molar-refractivity contribution in [1.82, 2.24) is 9.21 Å². The van der Waals surface area contributed by atoms with Gasteiger partial charge in [0, 0.05) is 31.2 Å². The average molecular weight is 413 g/mol. The Morgan fingerprint density at radius 3 is 2.34 bits per heavy atom. The predicted molar refractivity (Wildman–Crippen MR) is 118 cm³/mol. The van der Waals surface area contributed by atoms with Gasteiger partial charge in [0.1, 0.15) is 0 Å². The largest absolute Gasteiger partial charge is 0.300 e. The summed E-state index contributed by atoms with van der Waals surface area (Å²) < 4.78 is 29.3. The molecule has 0 radical (unpaired) electrons. The molecule has 0 N–H and O–H groups in total. The molecular weight excluding hydrogens is 380 g/mol. The zero-order chi connectivity index (χ0) is 20.3. The highest BCUT2D eigenvalue weighted by Crippen LogP contribution is 2.34. The molecule has 4 rings (SSSR count). The van der Waals surface area contributed by atoms with Gasteiger partial charge in [-0.05, 0) is 56.7 Å². The van der Waals surface area contributed by atoms with Crippen LogP contribution in [0.3, 0.4) is 0 Å². The summed E-state index contributed by atoms with van der Waals surface area (Å²) in [7, 11) is -3.52. The van der Waals surface area contributed by atoms with Crippen LogP contribution in [0.5, 0.6) is 0 Å². The molecule has 2 heterocycles. The number of benzene rings is 2. The van der Waals surface area contributed by atoms with Crippen LogP contribution in [0, 0.1) is 0 Å². The Morgan fingerprint density at radius 2 is 1.66 bits per heavy atom. The number of nitrogens with zero attached hydrogens (tertiary/aromatic N) is 2. The van der Waals surface area contributed by atoms with Crippen molar-refractivity contribution in [2.24, 2.45) is 0 Å². The zero-order valence-corrected chi connectivity index (χ0v) is 18.2. The summed E-state index contributed by atoms with van der Waals surface area (Å²) >= 11 is 0. The van der Waals surface area contributed by atoms with Crippen molar-refractivity contribution in [3.05, 3.63) is 54.1 Å². The predicted octanol–water partition coefficient (Wildman–Crippen LogP) is 4.56. The number of likely N-dealkylation sites (tertiary alicyclic amines) is 1. The minimum absolute atomic E-state index is 0.528. The smallest absolute Gasteiger partial charge is 0.243 e. The maximum absolute atomic E-state index is 13.8. The standard InChI is InChI=1S/C24H32N2O2S/c1-20-10-9-16-25(20)19-15-22-13-8-14-23(21-11-4-2-5-12-21)24(22)29(27,28)26-17-6-3-7-18-26/h2,4-5,8,11-14,20H,3,6-7,9-10,15-19H2,1H3. The van der Waals surface area contributed by atoms with Gasteiger partial charge in [-0.2, -0.15) is 4.31 Å². The van der Waals surface area contributed by atoms with Crippen LogP contribution in [-0.4, -0.2) is 49.8 Å². The van der Waals surface area contributed by atoms with E-state index in [9.17, 15) is 8.42 Å². The second kappa shape index (κ2) is 8.99. The van der Waals surface area contributed by atoms with Crippen LogP contribution < -0.4 is 0 Å². The molecule has 2 aromatic rings. The molecule has 0 spiro atoms. The monoisotopic (exact) mass is 412 g/mol. The van der Waals surface area contributed by atoms with Gasteiger partial charge >= 0.3 is 0 Å². The van der Waals surface area contributed by atoms with Gasteiger partial charge < -0.3 is 4.90 Å². The molecule has 2 aliphatic heterocycles. The Bertz CT molecular complexity index is 921. The first-order valence-corrected chi connectivity index (χ1v) is 12.4. The van der Waals surface area contributed by atoms with E-state index < -0.39 is 10.0 Å². The lowest BCUT2D eigenvalue weighted by Gasteiger charge is -2.28. The summed E-state index contributed by atoms with van der Waals surface area (Å²) in [6.45, 7) is 5.58. The molecule has 0 amide bonds. The molecule has 1 unspecified atom stereocenters. The van der Waals surface area contributed by atoms with E-state index in [-0.39, 0.29) is 0 Å². The second-order valence-electron chi connectivity index (χ2n) is 8.40. The first-order valence-electron chi connectivity index (χ1n) is 11.0. The molecule has 0 aromatic heterocycles. The summed E-state index contributed by atoms with van der Waals surface area (Å²) in [5, 5.41) is 0. The SMILES string of the molecule is CC1CCCN1CCc1cccc(-c2ccccc2)c1S(=O)(=O)N1CCCCC1. The quantitative estimate of drug-likeness (QED) is 0.699. The Morgan fingerprint density at radius 1 is 0.897 bits per heavy atom. The van der Waals surface area contributed by atoms with Crippen LogP contribution in [0.25, 0.3) is 11.1 Å². The average Bonchev–Trinajstić information content (AvgIpc) is 3.18. The van der Waals surface area contributed by atoms with Gasteiger partial charge in [-0.1, -0.05) is 55.0 Å². The molecule has 2 aliphatic rings. The fourth-order valence-corrected chi connectivity index (χ4v) is 6.72. The van der Waals surface area contributed by atoms with Crippen LogP contribution in [0.4, 0.5) is 0 Å². The van der Waals surface area contributed by atoms with Gasteiger partial charge in [0.15, 0.2) is 0 Å². The van der Waals surface area contributed by atoms with Crippen molar-refractivity contribution >= 4 is 10.0 Å². The Kier molecular flexibility index (Phi) is 6.38. The first-order chi connectivity index (χ1) is 14.1. The molecule has 2 saturated heterocycles. The highest BCUT2D eigenvalue weighted by molar-refractivity contribution is 7.89. The minimum atomic E-state index is -3.52. The first kappa shape index (κ1) is 20.6. The van der Waals surface area contributed by atoms with Gasteiger partial charge in [0.05, 0.1) is 4.90 Å². The lowest BCUT2D eigenvalue weighted by atomic mass is 10.0. The van der Waals surface area contributed by atoms with Crippen molar-refractivity contribution in [3.8, 4) is 11.1 Å². The van der Waals surface area contributed by atoms with Crippen LogP contribution in [0.2, 0.25) is 0 Å².